The summed E-state index contributed by atoms with van der Waals surface area (Å²) in [6.45, 7) is 0.909. The number of hydrogen-bond acceptors (Lipinski definition) is 2. The highest BCUT2D eigenvalue weighted by molar-refractivity contribution is 5.84. The van der Waals surface area contributed by atoms with Crippen LogP contribution in [0.1, 0.15) is 11.1 Å². The summed E-state index contributed by atoms with van der Waals surface area (Å²) in [7, 11) is 4.09. The van der Waals surface area contributed by atoms with E-state index in [1.165, 1.54) is 10.9 Å². The van der Waals surface area contributed by atoms with Crippen molar-refractivity contribution in [1.29, 1.82) is 5.26 Å². The summed E-state index contributed by atoms with van der Waals surface area (Å²) in [5, 5.41) is 9.97. The van der Waals surface area contributed by atoms with Crippen molar-refractivity contribution in [2.75, 3.05) is 14.1 Å². The minimum atomic E-state index is 0.695. The molecule has 0 saturated heterocycles. The molecule has 2 rings (SSSR count). The van der Waals surface area contributed by atoms with Gasteiger partial charge in [0.15, 0.2) is 0 Å². The maximum absolute atomic E-state index is 8.78. The molecule has 1 aromatic heterocycles. The number of nitrogens with zero attached hydrogens (tertiary/aromatic N) is 2. The lowest BCUT2D eigenvalue weighted by Crippen LogP contribution is -2.09. The number of nitriles is 1. The Labute approximate surface area is 88.9 Å². The van der Waals surface area contributed by atoms with Gasteiger partial charge in [0.05, 0.1) is 11.6 Å². The minimum Gasteiger partial charge on any atom is -0.361 e. The maximum atomic E-state index is 8.78. The van der Waals surface area contributed by atoms with Crippen LogP contribution in [0.25, 0.3) is 10.9 Å². The van der Waals surface area contributed by atoms with Gasteiger partial charge in [0, 0.05) is 23.6 Å². The number of fused-ring (bicyclic) bond motifs is 1. The van der Waals surface area contributed by atoms with Gasteiger partial charge >= 0.3 is 0 Å². The molecule has 15 heavy (non-hydrogen) atoms. The first-order valence-electron chi connectivity index (χ1n) is 4.85. The fourth-order valence-corrected chi connectivity index (χ4v) is 1.73. The van der Waals surface area contributed by atoms with Gasteiger partial charge in [-0.1, -0.05) is 6.07 Å². The SMILES string of the molecule is CN(C)Cc1c[nH]c2cc(C#N)ccc12. The number of aromatic amines is 1. The Balaban J connectivity index is 2.48. The molecule has 0 atom stereocenters. The van der Waals surface area contributed by atoms with E-state index in [0.29, 0.717) is 5.56 Å². The summed E-state index contributed by atoms with van der Waals surface area (Å²) in [6, 6.07) is 7.88. The molecule has 2 aromatic rings. The van der Waals surface area contributed by atoms with Crippen molar-refractivity contribution in [1.82, 2.24) is 9.88 Å². The van der Waals surface area contributed by atoms with Crippen LogP contribution in [0.2, 0.25) is 0 Å². The van der Waals surface area contributed by atoms with Crippen molar-refractivity contribution in [2.24, 2.45) is 0 Å². The molecule has 0 aliphatic rings. The zero-order chi connectivity index (χ0) is 10.8. The topological polar surface area (TPSA) is 42.8 Å². The molecule has 76 valence electrons. The van der Waals surface area contributed by atoms with Gasteiger partial charge < -0.3 is 9.88 Å². The van der Waals surface area contributed by atoms with Gasteiger partial charge in [-0.25, -0.2) is 0 Å². The smallest absolute Gasteiger partial charge is 0.0992 e. The third-order valence-electron chi connectivity index (χ3n) is 2.38. The Hall–Kier alpha value is -1.79. The van der Waals surface area contributed by atoms with Gasteiger partial charge in [0.25, 0.3) is 0 Å². The molecule has 0 spiro atoms. The van der Waals surface area contributed by atoms with Crippen LogP contribution in [-0.2, 0) is 6.54 Å². The number of rotatable bonds is 2. The summed E-state index contributed by atoms with van der Waals surface area (Å²) >= 11 is 0. The fourth-order valence-electron chi connectivity index (χ4n) is 1.73. The van der Waals surface area contributed by atoms with Crippen LogP contribution in [-0.4, -0.2) is 24.0 Å². The number of benzene rings is 1. The van der Waals surface area contributed by atoms with Crippen LogP contribution in [0.3, 0.4) is 0 Å². The first-order valence-corrected chi connectivity index (χ1v) is 4.85. The molecule has 3 nitrogen and oxygen atoms in total. The largest absolute Gasteiger partial charge is 0.361 e. The second kappa shape index (κ2) is 3.76. The Morgan fingerprint density at radius 1 is 1.40 bits per heavy atom. The number of H-pyrrole nitrogens is 1. The highest BCUT2D eigenvalue weighted by Gasteiger charge is 2.04. The van der Waals surface area contributed by atoms with Crippen LogP contribution in [0, 0.1) is 11.3 Å². The van der Waals surface area contributed by atoms with Gasteiger partial charge in [0.2, 0.25) is 0 Å². The van der Waals surface area contributed by atoms with Crippen molar-refractivity contribution in [3.05, 3.63) is 35.5 Å². The molecule has 1 heterocycles. The van der Waals surface area contributed by atoms with Gasteiger partial charge in [-0.15, -0.1) is 0 Å². The molecule has 0 radical (unpaired) electrons. The van der Waals surface area contributed by atoms with Crippen molar-refractivity contribution in [2.45, 2.75) is 6.54 Å². The molecule has 3 heteroatoms. The summed E-state index contributed by atoms with van der Waals surface area (Å²) < 4.78 is 0. The Kier molecular flexibility index (Phi) is 2.44. The van der Waals surface area contributed by atoms with Crippen molar-refractivity contribution >= 4 is 10.9 Å². The molecule has 0 aliphatic carbocycles. The van der Waals surface area contributed by atoms with E-state index in [4.69, 9.17) is 5.26 Å². The van der Waals surface area contributed by atoms with Crippen LogP contribution in [0.5, 0.6) is 0 Å². The average molecular weight is 199 g/mol. The summed E-state index contributed by atoms with van der Waals surface area (Å²) in [5.41, 5.74) is 2.99. The third-order valence-corrected chi connectivity index (χ3v) is 2.38. The quantitative estimate of drug-likeness (QED) is 0.804. The van der Waals surface area contributed by atoms with Crippen LogP contribution in [0.15, 0.2) is 24.4 Å². The van der Waals surface area contributed by atoms with E-state index >= 15 is 0 Å². The summed E-state index contributed by atoms with van der Waals surface area (Å²) in [6.07, 6.45) is 2.01. The maximum Gasteiger partial charge on any atom is 0.0992 e. The van der Waals surface area contributed by atoms with Crippen molar-refractivity contribution in [3.8, 4) is 6.07 Å². The highest BCUT2D eigenvalue weighted by Crippen LogP contribution is 2.20. The van der Waals surface area contributed by atoms with E-state index in [0.717, 1.165) is 12.1 Å². The van der Waals surface area contributed by atoms with E-state index in [1.54, 1.807) is 0 Å². The fraction of sp³-hybridized carbons (Fsp3) is 0.250. The molecule has 1 aromatic carbocycles. The van der Waals surface area contributed by atoms with Gasteiger partial charge in [-0.3, -0.25) is 0 Å². The second-order valence-electron chi connectivity index (χ2n) is 3.92. The van der Waals surface area contributed by atoms with Gasteiger partial charge in [-0.05, 0) is 31.8 Å². The predicted octanol–water partition coefficient (Wildman–Crippen LogP) is 2.10. The normalized spacial score (nSPS) is 10.8. The third kappa shape index (κ3) is 1.85. The van der Waals surface area contributed by atoms with Gasteiger partial charge in [0.1, 0.15) is 0 Å². The summed E-state index contributed by atoms with van der Waals surface area (Å²) in [4.78, 5) is 5.32. The molecule has 0 amide bonds. The Morgan fingerprint density at radius 3 is 2.87 bits per heavy atom. The van der Waals surface area contributed by atoms with Crippen molar-refractivity contribution < 1.29 is 0 Å². The monoisotopic (exact) mass is 199 g/mol. The first-order chi connectivity index (χ1) is 7.20. The zero-order valence-corrected chi connectivity index (χ0v) is 8.91. The zero-order valence-electron chi connectivity index (χ0n) is 8.91. The lowest BCUT2D eigenvalue weighted by atomic mass is 10.1. The summed E-state index contributed by atoms with van der Waals surface area (Å²) in [5.74, 6) is 0. The van der Waals surface area contributed by atoms with Crippen LogP contribution in [0.4, 0.5) is 0 Å². The molecule has 0 fully saturated rings. The van der Waals surface area contributed by atoms with Crippen LogP contribution >= 0.6 is 0 Å². The highest BCUT2D eigenvalue weighted by atomic mass is 15.0. The van der Waals surface area contributed by atoms with Crippen LogP contribution < -0.4 is 0 Å². The molecule has 0 unspecified atom stereocenters. The molecular weight excluding hydrogens is 186 g/mol. The predicted molar refractivity (Wildman–Crippen MR) is 60.4 cm³/mol. The number of aromatic nitrogens is 1. The first kappa shape index (κ1) is 9.75. The number of hydrogen-bond donors (Lipinski definition) is 1. The van der Waals surface area contributed by atoms with E-state index in [2.05, 4.69) is 16.0 Å². The molecule has 1 N–H and O–H groups in total. The Morgan fingerprint density at radius 2 is 2.20 bits per heavy atom. The van der Waals surface area contributed by atoms with E-state index in [9.17, 15) is 0 Å². The molecular formula is C12H13N3. The average Bonchev–Trinajstić information content (AvgIpc) is 2.60. The molecule has 0 aliphatic heterocycles. The lowest BCUT2D eigenvalue weighted by molar-refractivity contribution is 0.404. The lowest BCUT2D eigenvalue weighted by Gasteiger charge is -2.07. The van der Waals surface area contributed by atoms with E-state index in [1.807, 2.05) is 38.5 Å². The second-order valence-corrected chi connectivity index (χ2v) is 3.92. The van der Waals surface area contributed by atoms with Gasteiger partial charge in [-0.2, -0.15) is 5.26 Å². The number of nitrogens with one attached hydrogen (secondary N) is 1. The molecule has 0 bridgehead atoms. The van der Waals surface area contributed by atoms with E-state index < -0.39 is 0 Å². The van der Waals surface area contributed by atoms with E-state index in [-0.39, 0.29) is 0 Å². The molecule has 0 saturated carbocycles. The standard InChI is InChI=1S/C12H13N3/c1-15(2)8-10-7-14-12-5-9(6-13)3-4-11(10)12/h3-5,7,14H,8H2,1-2H3. The van der Waals surface area contributed by atoms with Crippen molar-refractivity contribution in [3.63, 3.8) is 0 Å². The Bertz CT molecular complexity index is 517. The minimum absolute atomic E-state index is 0.695.